The van der Waals surface area contributed by atoms with Gasteiger partial charge >= 0.3 is 5.97 Å². The van der Waals surface area contributed by atoms with Gasteiger partial charge in [-0.3, -0.25) is 4.79 Å². The van der Waals surface area contributed by atoms with Gasteiger partial charge in [-0.05, 0) is 38.7 Å². The molecule has 2 aromatic rings. The zero-order chi connectivity index (χ0) is 18.9. The van der Waals surface area contributed by atoms with Crippen LogP contribution in [0.4, 0.5) is 0 Å². The molecule has 0 aliphatic heterocycles. The van der Waals surface area contributed by atoms with Crippen LogP contribution in [0.3, 0.4) is 0 Å². The van der Waals surface area contributed by atoms with Crippen LogP contribution in [0, 0.1) is 24.2 Å². The largest absolute Gasteiger partial charge is 0.451 e. The molecule has 3 rings (SSSR count). The summed E-state index contributed by atoms with van der Waals surface area (Å²) >= 11 is 1.54. The molecule has 1 fully saturated rings. The first-order chi connectivity index (χ1) is 12.3. The van der Waals surface area contributed by atoms with E-state index in [1.807, 2.05) is 12.3 Å². The maximum absolute atomic E-state index is 12.3. The van der Waals surface area contributed by atoms with Gasteiger partial charge in [0.2, 0.25) is 0 Å². The lowest BCUT2D eigenvalue weighted by Gasteiger charge is -2.22. The molecule has 0 saturated heterocycles. The Morgan fingerprint density at radius 3 is 2.85 bits per heavy atom. The van der Waals surface area contributed by atoms with Gasteiger partial charge in [0.25, 0.3) is 5.91 Å². The Morgan fingerprint density at radius 2 is 2.27 bits per heavy atom. The highest BCUT2D eigenvalue weighted by atomic mass is 32.1. The average Bonchev–Trinajstić information content (AvgIpc) is 3.28. The summed E-state index contributed by atoms with van der Waals surface area (Å²) in [7, 11) is 1.74. The summed E-state index contributed by atoms with van der Waals surface area (Å²) in [6.45, 7) is 3.20. The molecule has 2 heterocycles. The number of nitrogens with zero attached hydrogens (tertiary/aromatic N) is 3. The first-order valence-corrected chi connectivity index (χ1v) is 9.18. The molecular formula is C18H20N4O3S. The Balaban J connectivity index is 1.61. The maximum Gasteiger partial charge on any atom is 0.355 e. The van der Waals surface area contributed by atoms with Crippen LogP contribution < -0.4 is 5.32 Å². The summed E-state index contributed by atoms with van der Waals surface area (Å²) in [4.78, 5) is 28.7. The molecule has 1 saturated carbocycles. The molecule has 7 nitrogen and oxygen atoms in total. The van der Waals surface area contributed by atoms with E-state index in [9.17, 15) is 14.9 Å². The zero-order valence-electron chi connectivity index (χ0n) is 14.9. The molecule has 1 aliphatic carbocycles. The molecule has 2 aromatic heterocycles. The van der Waals surface area contributed by atoms with Crippen molar-refractivity contribution in [2.75, 3.05) is 6.61 Å². The molecule has 0 aromatic carbocycles. The predicted molar refractivity (Wildman–Crippen MR) is 96.4 cm³/mol. The first kappa shape index (κ1) is 18.1. The fourth-order valence-corrected chi connectivity index (χ4v) is 3.44. The van der Waals surface area contributed by atoms with E-state index in [0.29, 0.717) is 5.69 Å². The van der Waals surface area contributed by atoms with Crippen molar-refractivity contribution in [3.8, 4) is 17.3 Å². The number of carbonyl (C=O) groups is 2. The summed E-state index contributed by atoms with van der Waals surface area (Å²) in [5.41, 5.74) is 1.06. The molecule has 0 bridgehead atoms. The lowest BCUT2D eigenvalue weighted by atomic mass is 9.98. The number of carbonyl (C=O) groups excluding carboxylic acids is 2. The number of amides is 1. The van der Waals surface area contributed by atoms with Crippen molar-refractivity contribution >= 4 is 23.2 Å². The number of nitriles is 1. The van der Waals surface area contributed by atoms with Crippen LogP contribution in [0.5, 0.6) is 0 Å². The van der Waals surface area contributed by atoms with E-state index < -0.39 is 24.0 Å². The van der Waals surface area contributed by atoms with Crippen LogP contribution in [0.25, 0.3) is 11.3 Å². The van der Waals surface area contributed by atoms with Crippen LogP contribution >= 0.6 is 11.3 Å². The third kappa shape index (κ3) is 3.78. The second-order valence-electron chi connectivity index (χ2n) is 6.69. The topological polar surface area (TPSA) is 97.0 Å². The molecule has 0 spiro atoms. The van der Waals surface area contributed by atoms with Gasteiger partial charge in [-0.2, -0.15) is 5.26 Å². The van der Waals surface area contributed by atoms with Crippen LogP contribution in [-0.4, -0.2) is 33.6 Å². The molecular weight excluding hydrogens is 352 g/mol. The molecule has 1 amide bonds. The molecule has 0 unspecified atom stereocenters. The van der Waals surface area contributed by atoms with Crippen molar-refractivity contribution < 1.29 is 14.3 Å². The highest BCUT2D eigenvalue weighted by Gasteiger charge is 2.43. The summed E-state index contributed by atoms with van der Waals surface area (Å²) in [6.07, 6.45) is 3.64. The van der Waals surface area contributed by atoms with Crippen molar-refractivity contribution in [2.45, 2.75) is 32.2 Å². The molecule has 8 heteroatoms. The smallest absolute Gasteiger partial charge is 0.355 e. The van der Waals surface area contributed by atoms with E-state index in [2.05, 4.69) is 16.4 Å². The summed E-state index contributed by atoms with van der Waals surface area (Å²) in [5, 5.41) is 14.8. The number of rotatable bonds is 6. The summed E-state index contributed by atoms with van der Waals surface area (Å²) in [6, 6.07) is 3.83. The molecule has 0 radical (unpaired) electrons. The van der Waals surface area contributed by atoms with Gasteiger partial charge in [-0.1, -0.05) is 0 Å². The van der Waals surface area contributed by atoms with E-state index in [1.165, 1.54) is 11.3 Å². The Hall–Kier alpha value is -2.66. The van der Waals surface area contributed by atoms with Gasteiger partial charge in [-0.25, -0.2) is 9.78 Å². The lowest BCUT2D eigenvalue weighted by molar-refractivity contribution is -0.125. The fourth-order valence-electron chi connectivity index (χ4n) is 2.82. The summed E-state index contributed by atoms with van der Waals surface area (Å²) in [5.74, 6) is -0.894. The van der Waals surface area contributed by atoms with Gasteiger partial charge in [0.05, 0.1) is 16.8 Å². The number of thiazole rings is 1. The van der Waals surface area contributed by atoms with Crippen molar-refractivity contribution in [2.24, 2.45) is 13.0 Å². The second kappa shape index (κ2) is 6.92. The molecule has 136 valence electrons. The van der Waals surface area contributed by atoms with E-state index in [1.54, 1.807) is 30.8 Å². The number of aromatic nitrogens is 2. The number of ether oxygens (including phenoxy) is 1. The van der Waals surface area contributed by atoms with Gasteiger partial charge in [-0.15, -0.1) is 11.3 Å². The highest BCUT2D eigenvalue weighted by Crippen LogP contribution is 2.39. The van der Waals surface area contributed by atoms with E-state index in [0.717, 1.165) is 29.1 Å². The Labute approximate surface area is 155 Å². The normalized spacial score (nSPS) is 15.8. The highest BCUT2D eigenvalue weighted by molar-refractivity contribution is 7.09. The van der Waals surface area contributed by atoms with E-state index in [4.69, 9.17) is 4.74 Å². The SMILES string of the molecule is Cc1nc(-c2cc(C(=O)OCC(=O)N[C@](C)(C#N)C3CC3)n(C)c2)cs1. The standard InChI is InChI=1S/C18H20N4O3S/c1-11-20-14(9-26-11)12-6-15(22(3)7-12)17(24)25-8-16(23)21-18(2,10-19)13-4-5-13/h6-7,9,13H,4-5,8H2,1-3H3,(H,21,23)/t18-/m1/s1. The number of hydrogen-bond acceptors (Lipinski definition) is 6. The number of nitrogens with one attached hydrogen (secondary N) is 1. The minimum absolute atomic E-state index is 0.171. The molecule has 26 heavy (non-hydrogen) atoms. The van der Waals surface area contributed by atoms with Crippen LogP contribution in [-0.2, 0) is 16.6 Å². The fraction of sp³-hybridized carbons (Fsp3) is 0.444. The van der Waals surface area contributed by atoms with Gasteiger partial charge in [0.1, 0.15) is 11.2 Å². The number of esters is 1. The van der Waals surface area contributed by atoms with Gasteiger partial charge < -0.3 is 14.6 Å². The monoisotopic (exact) mass is 372 g/mol. The third-order valence-electron chi connectivity index (χ3n) is 4.49. The van der Waals surface area contributed by atoms with Crippen LogP contribution in [0.1, 0.15) is 35.3 Å². The molecule has 1 aliphatic rings. The minimum Gasteiger partial charge on any atom is -0.451 e. The Bertz CT molecular complexity index is 891. The van der Waals surface area contributed by atoms with Gasteiger partial charge in [0.15, 0.2) is 6.61 Å². The van der Waals surface area contributed by atoms with Crippen molar-refractivity contribution in [1.82, 2.24) is 14.9 Å². The van der Waals surface area contributed by atoms with Crippen molar-refractivity contribution in [3.05, 3.63) is 28.3 Å². The molecule has 1 atom stereocenters. The minimum atomic E-state index is -0.899. The predicted octanol–water partition coefficient (Wildman–Crippen LogP) is 2.42. The first-order valence-electron chi connectivity index (χ1n) is 8.30. The van der Waals surface area contributed by atoms with Crippen molar-refractivity contribution in [3.63, 3.8) is 0 Å². The van der Waals surface area contributed by atoms with Crippen LogP contribution in [0.15, 0.2) is 17.6 Å². The third-order valence-corrected chi connectivity index (χ3v) is 5.26. The maximum atomic E-state index is 12.3. The Morgan fingerprint density at radius 1 is 1.54 bits per heavy atom. The lowest BCUT2D eigenvalue weighted by Crippen LogP contribution is -2.48. The van der Waals surface area contributed by atoms with Crippen molar-refractivity contribution in [1.29, 1.82) is 5.26 Å². The van der Waals surface area contributed by atoms with Gasteiger partial charge in [0, 0.05) is 24.2 Å². The van der Waals surface area contributed by atoms with E-state index in [-0.39, 0.29) is 5.92 Å². The van der Waals surface area contributed by atoms with E-state index >= 15 is 0 Å². The number of hydrogen-bond donors (Lipinski definition) is 1. The Kier molecular flexibility index (Phi) is 4.83. The number of aryl methyl sites for hydroxylation is 2. The zero-order valence-corrected chi connectivity index (χ0v) is 15.7. The quantitative estimate of drug-likeness (QED) is 0.786. The average molecular weight is 372 g/mol. The second-order valence-corrected chi connectivity index (χ2v) is 7.75. The van der Waals surface area contributed by atoms with Crippen LogP contribution in [0.2, 0.25) is 0 Å². The molecule has 1 N–H and O–H groups in total. The summed E-state index contributed by atoms with van der Waals surface area (Å²) < 4.78 is 6.76.